The Labute approximate surface area is 64.7 Å². The van der Waals surface area contributed by atoms with Crippen LogP contribution in [0, 0.1) is 0 Å². The van der Waals surface area contributed by atoms with Crippen LogP contribution < -0.4 is 10.6 Å². The number of Topliss-reactive ketones (excluding diaryl/α,β-unsaturated/α-hetero) is 1. The second-order valence-corrected chi connectivity index (χ2v) is 2.47. The summed E-state index contributed by atoms with van der Waals surface area (Å²) in [5.41, 5.74) is 1.30. The van der Waals surface area contributed by atoms with Crippen molar-refractivity contribution in [3.8, 4) is 0 Å². The Morgan fingerprint density at radius 3 is 2.64 bits per heavy atom. The van der Waals surface area contributed by atoms with Gasteiger partial charge in [-0.3, -0.25) is 4.79 Å². The summed E-state index contributed by atoms with van der Waals surface area (Å²) in [5, 5.41) is 5.03. The number of urea groups is 1. The van der Waals surface area contributed by atoms with Crippen molar-refractivity contribution in [3.05, 3.63) is 11.3 Å². The molecule has 4 heteroatoms. The highest BCUT2D eigenvalue weighted by molar-refractivity contribution is 5.97. The van der Waals surface area contributed by atoms with Crippen LogP contribution in [0.2, 0.25) is 0 Å². The predicted octanol–water partition coefficient (Wildman–Crippen LogP) is 0.162. The Balaban J connectivity index is 2.86. The van der Waals surface area contributed by atoms with E-state index in [-0.39, 0.29) is 11.8 Å². The summed E-state index contributed by atoms with van der Waals surface area (Å²) in [4.78, 5) is 21.5. The number of allylic oxidation sites excluding steroid dienone is 1. The molecule has 1 aliphatic rings. The number of nitrogens with one attached hydrogen (secondary N) is 2. The van der Waals surface area contributed by atoms with Gasteiger partial charge in [0.1, 0.15) is 0 Å². The third kappa shape index (κ3) is 1.58. The lowest BCUT2D eigenvalue weighted by Crippen LogP contribution is -2.42. The molecule has 0 aromatic carbocycles. The molecule has 2 amide bonds. The molecule has 2 N–H and O–H groups in total. The fourth-order valence-electron chi connectivity index (χ4n) is 0.980. The molecule has 0 saturated heterocycles. The average Bonchev–Trinajstić information content (AvgIpc) is 1.85. The van der Waals surface area contributed by atoms with Crippen molar-refractivity contribution in [2.45, 2.75) is 13.8 Å². The first kappa shape index (κ1) is 7.78. The van der Waals surface area contributed by atoms with Crippen molar-refractivity contribution >= 4 is 11.8 Å². The fraction of sp³-hybridized carbons (Fsp3) is 0.429. The van der Waals surface area contributed by atoms with Crippen LogP contribution in [0.3, 0.4) is 0 Å². The molecule has 0 fully saturated rings. The highest BCUT2D eigenvalue weighted by Crippen LogP contribution is 2.04. The van der Waals surface area contributed by atoms with Gasteiger partial charge in [0.25, 0.3) is 0 Å². The smallest absolute Gasteiger partial charge is 0.319 e. The van der Waals surface area contributed by atoms with Crippen molar-refractivity contribution in [1.29, 1.82) is 0 Å². The average molecular weight is 154 g/mol. The Kier molecular flexibility index (Phi) is 1.94. The van der Waals surface area contributed by atoms with Gasteiger partial charge in [0.15, 0.2) is 5.78 Å². The van der Waals surface area contributed by atoms with Crippen molar-refractivity contribution in [2.75, 3.05) is 6.54 Å². The number of hydrogen-bond donors (Lipinski definition) is 2. The summed E-state index contributed by atoms with van der Waals surface area (Å²) < 4.78 is 0. The van der Waals surface area contributed by atoms with Gasteiger partial charge in [-0.05, 0) is 13.8 Å². The monoisotopic (exact) mass is 154 g/mol. The van der Waals surface area contributed by atoms with Gasteiger partial charge in [-0.2, -0.15) is 0 Å². The molecule has 11 heavy (non-hydrogen) atoms. The molecule has 1 rings (SSSR count). The summed E-state index contributed by atoms with van der Waals surface area (Å²) >= 11 is 0. The Morgan fingerprint density at radius 2 is 2.18 bits per heavy atom. The number of hydrogen-bond acceptors (Lipinski definition) is 2. The van der Waals surface area contributed by atoms with E-state index in [2.05, 4.69) is 10.6 Å². The molecule has 4 nitrogen and oxygen atoms in total. The zero-order valence-corrected chi connectivity index (χ0v) is 6.52. The van der Waals surface area contributed by atoms with Crippen molar-refractivity contribution < 1.29 is 9.59 Å². The molecule has 0 unspecified atom stereocenters. The summed E-state index contributed by atoms with van der Waals surface area (Å²) in [5.74, 6) is -0.00463. The van der Waals surface area contributed by atoms with E-state index in [1.165, 1.54) is 6.92 Å². The molecular weight excluding hydrogens is 144 g/mol. The van der Waals surface area contributed by atoms with E-state index in [4.69, 9.17) is 0 Å². The lowest BCUT2D eigenvalue weighted by atomic mass is 10.1. The highest BCUT2D eigenvalue weighted by Gasteiger charge is 2.15. The molecule has 0 radical (unpaired) electrons. The summed E-state index contributed by atoms with van der Waals surface area (Å²) in [6, 6.07) is -0.243. The van der Waals surface area contributed by atoms with Crippen molar-refractivity contribution in [1.82, 2.24) is 10.6 Å². The van der Waals surface area contributed by atoms with Gasteiger partial charge in [-0.25, -0.2) is 4.79 Å². The third-order valence-electron chi connectivity index (χ3n) is 1.60. The number of rotatable bonds is 1. The highest BCUT2D eigenvalue weighted by atomic mass is 16.2. The maximum Gasteiger partial charge on any atom is 0.319 e. The zero-order chi connectivity index (χ0) is 8.43. The number of carbonyl (C=O) groups is 2. The van der Waals surface area contributed by atoms with Crippen LogP contribution in [0.25, 0.3) is 0 Å². The molecule has 0 aromatic heterocycles. The molecule has 0 aliphatic carbocycles. The minimum Gasteiger partial charge on any atom is -0.334 e. The Morgan fingerprint density at radius 1 is 1.55 bits per heavy atom. The summed E-state index contributed by atoms with van der Waals surface area (Å²) in [7, 11) is 0. The number of ketones is 1. The maximum atomic E-state index is 10.9. The van der Waals surface area contributed by atoms with Gasteiger partial charge in [0.2, 0.25) is 0 Å². The molecule has 0 spiro atoms. The van der Waals surface area contributed by atoms with Gasteiger partial charge in [-0.1, -0.05) is 0 Å². The largest absolute Gasteiger partial charge is 0.334 e. The molecular formula is C7H10N2O2. The predicted molar refractivity (Wildman–Crippen MR) is 39.9 cm³/mol. The first-order valence-electron chi connectivity index (χ1n) is 3.37. The minimum atomic E-state index is -0.243. The first-order valence-corrected chi connectivity index (χ1v) is 3.37. The lowest BCUT2D eigenvalue weighted by molar-refractivity contribution is -0.113. The van der Waals surface area contributed by atoms with Crippen LogP contribution in [0.4, 0.5) is 4.79 Å². The molecule has 0 atom stereocenters. The molecule has 0 bridgehead atoms. The van der Waals surface area contributed by atoms with Crippen LogP contribution >= 0.6 is 0 Å². The molecule has 0 saturated carbocycles. The van der Waals surface area contributed by atoms with Crippen LogP contribution in [0.15, 0.2) is 11.3 Å². The van der Waals surface area contributed by atoms with Crippen LogP contribution in [0.1, 0.15) is 13.8 Å². The SMILES string of the molecule is CC(=O)C1=C(C)NC(=O)NC1. The van der Waals surface area contributed by atoms with Gasteiger partial charge < -0.3 is 10.6 Å². The Bertz CT molecular complexity index is 243. The van der Waals surface area contributed by atoms with Gasteiger partial charge in [-0.15, -0.1) is 0 Å². The summed E-state index contributed by atoms with van der Waals surface area (Å²) in [6.45, 7) is 3.54. The minimum absolute atomic E-state index is 0.00463. The van der Waals surface area contributed by atoms with E-state index >= 15 is 0 Å². The molecule has 60 valence electrons. The molecule has 1 heterocycles. The summed E-state index contributed by atoms with van der Waals surface area (Å²) in [6.07, 6.45) is 0. The quantitative estimate of drug-likeness (QED) is 0.565. The second-order valence-electron chi connectivity index (χ2n) is 2.47. The first-order chi connectivity index (χ1) is 5.11. The van der Waals surface area contributed by atoms with E-state index in [1.807, 2.05) is 0 Å². The van der Waals surface area contributed by atoms with Crippen LogP contribution in [-0.2, 0) is 4.79 Å². The fourth-order valence-corrected chi connectivity index (χ4v) is 0.980. The van der Waals surface area contributed by atoms with Gasteiger partial charge >= 0.3 is 6.03 Å². The topological polar surface area (TPSA) is 58.2 Å². The zero-order valence-electron chi connectivity index (χ0n) is 6.52. The van der Waals surface area contributed by atoms with Crippen molar-refractivity contribution in [2.24, 2.45) is 0 Å². The molecule has 1 aliphatic heterocycles. The number of carbonyl (C=O) groups excluding carboxylic acids is 2. The standard InChI is InChI=1S/C7H10N2O2/c1-4-6(5(2)10)3-8-7(11)9-4/h3H2,1-2H3,(H2,8,9,11). The van der Waals surface area contributed by atoms with E-state index in [1.54, 1.807) is 6.92 Å². The van der Waals surface area contributed by atoms with Crippen molar-refractivity contribution in [3.63, 3.8) is 0 Å². The van der Waals surface area contributed by atoms with E-state index in [9.17, 15) is 9.59 Å². The van der Waals surface area contributed by atoms with Crippen LogP contribution in [0.5, 0.6) is 0 Å². The second kappa shape index (κ2) is 2.74. The van der Waals surface area contributed by atoms with E-state index < -0.39 is 0 Å². The van der Waals surface area contributed by atoms with Gasteiger partial charge in [0.05, 0.1) is 0 Å². The van der Waals surface area contributed by atoms with E-state index in [0.717, 1.165) is 0 Å². The normalized spacial score (nSPS) is 17.5. The Hall–Kier alpha value is -1.32. The third-order valence-corrected chi connectivity index (χ3v) is 1.60. The van der Waals surface area contributed by atoms with Gasteiger partial charge in [0, 0.05) is 17.8 Å². The maximum absolute atomic E-state index is 10.9. The number of amides is 2. The van der Waals surface area contributed by atoms with E-state index in [0.29, 0.717) is 17.8 Å². The molecule has 0 aromatic rings. The van der Waals surface area contributed by atoms with Crippen LogP contribution in [-0.4, -0.2) is 18.4 Å². The lowest BCUT2D eigenvalue weighted by Gasteiger charge is -2.17.